The smallest absolute Gasteiger partial charge is 0.265 e. The summed E-state index contributed by atoms with van der Waals surface area (Å²) in [6, 6.07) is 15.9. The van der Waals surface area contributed by atoms with Gasteiger partial charge in [0.25, 0.3) is 5.91 Å². The van der Waals surface area contributed by atoms with Gasteiger partial charge in [0, 0.05) is 36.7 Å². The van der Waals surface area contributed by atoms with E-state index < -0.39 is 10.0 Å². The van der Waals surface area contributed by atoms with Crippen LogP contribution in [-0.2, 0) is 10.0 Å². The zero-order valence-corrected chi connectivity index (χ0v) is 18.5. The molecule has 0 bridgehead atoms. The molecule has 2 aromatic carbocycles. The summed E-state index contributed by atoms with van der Waals surface area (Å²) in [6.07, 6.45) is 0. The van der Waals surface area contributed by atoms with E-state index in [0.29, 0.717) is 36.7 Å². The molecule has 2 heterocycles. The lowest BCUT2D eigenvalue weighted by Gasteiger charge is -2.31. The molecule has 1 aliphatic rings. The van der Waals surface area contributed by atoms with Crippen LogP contribution in [0.1, 0.15) is 9.67 Å². The Morgan fingerprint density at radius 3 is 2.42 bits per heavy atom. The SMILES string of the molecule is CN1CCN(S(=O)(=O)c2cccc(NC(=O)c3ccc(-c4ccc(F)cc4)s3)c2)CC1. The van der Waals surface area contributed by atoms with Crippen LogP contribution in [0.25, 0.3) is 10.4 Å². The van der Waals surface area contributed by atoms with Crippen LogP contribution in [0.4, 0.5) is 10.1 Å². The first kappa shape index (κ1) is 21.6. The molecule has 1 aliphatic heterocycles. The molecule has 1 N–H and O–H groups in total. The molecule has 0 spiro atoms. The van der Waals surface area contributed by atoms with Crippen molar-refractivity contribution >= 4 is 33.0 Å². The summed E-state index contributed by atoms with van der Waals surface area (Å²) in [7, 11) is -1.65. The molecule has 0 unspecified atom stereocenters. The van der Waals surface area contributed by atoms with Crippen LogP contribution in [0.2, 0.25) is 0 Å². The Morgan fingerprint density at radius 2 is 1.71 bits per heavy atom. The number of anilines is 1. The van der Waals surface area contributed by atoms with Gasteiger partial charge in [-0.3, -0.25) is 4.79 Å². The largest absolute Gasteiger partial charge is 0.321 e. The van der Waals surface area contributed by atoms with Gasteiger partial charge in [-0.2, -0.15) is 4.31 Å². The number of thiophene rings is 1. The van der Waals surface area contributed by atoms with Gasteiger partial charge in [-0.1, -0.05) is 18.2 Å². The molecule has 0 atom stereocenters. The van der Waals surface area contributed by atoms with Gasteiger partial charge in [-0.25, -0.2) is 12.8 Å². The normalized spacial score (nSPS) is 15.7. The van der Waals surface area contributed by atoms with Crippen molar-refractivity contribution in [1.29, 1.82) is 0 Å². The highest BCUT2D eigenvalue weighted by Gasteiger charge is 2.27. The maximum absolute atomic E-state index is 13.1. The second-order valence-electron chi connectivity index (χ2n) is 7.36. The van der Waals surface area contributed by atoms with E-state index in [1.54, 1.807) is 42.5 Å². The fourth-order valence-corrected chi connectivity index (χ4v) is 5.71. The number of halogens is 1. The maximum atomic E-state index is 13.1. The average Bonchev–Trinajstić information content (AvgIpc) is 3.25. The van der Waals surface area contributed by atoms with Gasteiger partial charge in [-0.05, 0) is 55.1 Å². The number of hydrogen-bond acceptors (Lipinski definition) is 5. The Morgan fingerprint density at radius 1 is 1.00 bits per heavy atom. The van der Waals surface area contributed by atoms with Crippen molar-refractivity contribution < 1.29 is 17.6 Å². The lowest BCUT2D eigenvalue weighted by Crippen LogP contribution is -2.47. The van der Waals surface area contributed by atoms with Crippen molar-refractivity contribution in [2.75, 3.05) is 38.5 Å². The second kappa shape index (κ2) is 8.88. The van der Waals surface area contributed by atoms with Crippen molar-refractivity contribution in [2.45, 2.75) is 4.90 Å². The average molecular weight is 460 g/mol. The first-order valence-electron chi connectivity index (χ1n) is 9.79. The maximum Gasteiger partial charge on any atom is 0.265 e. The summed E-state index contributed by atoms with van der Waals surface area (Å²) >= 11 is 1.29. The van der Waals surface area contributed by atoms with E-state index in [1.807, 2.05) is 7.05 Å². The number of sulfonamides is 1. The predicted octanol–water partition coefficient (Wildman–Crippen LogP) is 3.74. The number of nitrogens with zero attached hydrogens (tertiary/aromatic N) is 2. The third-order valence-electron chi connectivity index (χ3n) is 5.15. The molecule has 9 heteroatoms. The Kier molecular flexibility index (Phi) is 6.19. The van der Waals surface area contributed by atoms with E-state index in [4.69, 9.17) is 0 Å². The molecule has 1 saturated heterocycles. The minimum absolute atomic E-state index is 0.160. The third kappa shape index (κ3) is 4.85. The van der Waals surface area contributed by atoms with Gasteiger partial charge in [0.1, 0.15) is 5.82 Å². The standard InChI is InChI=1S/C22H22FN3O3S2/c1-25-11-13-26(14-12-25)31(28,29)19-4-2-3-18(15-19)24-22(27)21-10-9-20(30-21)16-5-7-17(23)8-6-16/h2-10,15H,11-14H2,1H3,(H,24,27). The van der Waals surface area contributed by atoms with Gasteiger partial charge >= 0.3 is 0 Å². The molecule has 0 saturated carbocycles. The minimum Gasteiger partial charge on any atom is -0.321 e. The summed E-state index contributed by atoms with van der Waals surface area (Å²) in [5, 5.41) is 2.77. The first-order valence-corrected chi connectivity index (χ1v) is 12.0. The monoisotopic (exact) mass is 459 g/mol. The zero-order valence-electron chi connectivity index (χ0n) is 16.9. The van der Waals surface area contributed by atoms with Crippen LogP contribution < -0.4 is 5.32 Å². The fourth-order valence-electron chi connectivity index (χ4n) is 3.33. The molecule has 162 valence electrons. The highest BCUT2D eigenvalue weighted by atomic mass is 32.2. The van der Waals surface area contributed by atoms with Crippen LogP contribution in [-0.4, -0.2) is 56.8 Å². The van der Waals surface area contributed by atoms with Crippen LogP contribution >= 0.6 is 11.3 Å². The molecular weight excluding hydrogens is 437 g/mol. The van der Waals surface area contributed by atoms with Gasteiger partial charge in [0.05, 0.1) is 9.77 Å². The number of carbonyl (C=O) groups is 1. The zero-order chi connectivity index (χ0) is 22.0. The summed E-state index contributed by atoms with van der Waals surface area (Å²) in [5.41, 5.74) is 1.24. The summed E-state index contributed by atoms with van der Waals surface area (Å²) < 4.78 is 40.5. The van der Waals surface area contributed by atoms with Crippen LogP contribution in [0.5, 0.6) is 0 Å². The predicted molar refractivity (Wildman–Crippen MR) is 120 cm³/mol. The summed E-state index contributed by atoms with van der Waals surface area (Å²) in [6.45, 7) is 2.25. The fraction of sp³-hybridized carbons (Fsp3) is 0.227. The van der Waals surface area contributed by atoms with Gasteiger partial charge in [-0.15, -0.1) is 11.3 Å². The molecule has 0 radical (unpaired) electrons. The van der Waals surface area contributed by atoms with Crippen molar-refractivity contribution in [3.8, 4) is 10.4 Å². The number of likely N-dealkylation sites (N-methyl/N-ethyl adjacent to an activating group) is 1. The lowest BCUT2D eigenvalue weighted by atomic mass is 10.2. The Balaban J connectivity index is 1.49. The molecule has 31 heavy (non-hydrogen) atoms. The number of amides is 1. The number of benzene rings is 2. The second-order valence-corrected chi connectivity index (χ2v) is 10.4. The molecule has 3 aromatic rings. The third-order valence-corrected chi connectivity index (χ3v) is 8.18. The van der Waals surface area contributed by atoms with Crippen LogP contribution in [0, 0.1) is 5.82 Å². The Labute approximate surface area is 185 Å². The molecule has 6 nitrogen and oxygen atoms in total. The molecule has 1 aromatic heterocycles. The number of rotatable bonds is 5. The highest BCUT2D eigenvalue weighted by Crippen LogP contribution is 2.29. The quantitative estimate of drug-likeness (QED) is 0.631. The number of carbonyl (C=O) groups excluding carboxylic acids is 1. The Hall–Kier alpha value is -2.59. The van der Waals surface area contributed by atoms with Crippen molar-refractivity contribution in [3.05, 3.63) is 71.4 Å². The lowest BCUT2D eigenvalue weighted by molar-refractivity contribution is 0.103. The Bertz CT molecular complexity index is 1180. The van der Waals surface area contributed by atoms with E-state index >= 15 is 0 Å². The molecule has 4 rings (SSSR count). The van der Waals surface area contributed by atoms with Gasteiger partial charge < -0.3 is 10.2 Å². The summed E-state index contributed by atoms with van der Waals surface area (Å²) in [4.78, 5) is 16.3. The summed E-state index contributed by atoms with van der Waals surface area (Å²) in [5.74, 6) is -0.641. The number of nitrogens with one attached hydrogen (secondary N) is 1. The van der Waals surface area contributed by atoms with Gasteiger partial charge in [0.2, 0.25) is 10.0 Å². The van der Waals surface area contributed by atoms with Crippen molar-refractivity contribution in [1.82, 2.24) is 9.21 Å². The van der Waals surface area contributed by atoms with Gasteiger partial charge in [0.15, 0.2) is 0 Å². The minimum atomic E-state index is -3.62. The molecule has 1 amide bonds. The first-order chi connectivity index (χ1) is 14.8. The van der Waals surface area contributed by atoms with E-state index in [1.165, 1.54) is 33.8 Å². The molecule has 1 fully saturated rings. The molecule has 0 aliphatic carbocycles. The van der Waals surface area contributed by atoms with Crippen LogP contribution in [0.3, 0.4) is 0 Å². The van der Waals surface area contributed by atoms with E-state index in [0.717, 1.165) is 10.4 Å². The van der Waals surface area contributed by atoms with Crippen LogP contribution in [0.15, 0.2) is 65.6 Å². The topological polar surface area (TPSA) is 69.7 Å². The number of hydrogen-bond donors (Lipinski definition) is 1. The van der Waals surface area contributed by atoms with E-state index in [-0.39, 0.29) is 16.6 Å². The molecular formula is C22H22FN3O3S2. The van der Waals surface area contributed by atoms with Crippen molar-refractivity contribution in [2.24, 2.45) is 0 Å². The van der Waals surface area contributed by atoms with E-state index in [2.05, 4.69) is 10.2 Å². The number of piperazine rings is 1. The highest BCUT2D eigenvalue weighted by molar-refractivity contribution is 7.89. The van der Waals surface area contributed by atoms with Crippen molar-refractivity contribution in [3.63, 3.8) is 0 Å². The van der Waals surface area contributed by atoms with E-state index in [9.17, 15) is 17.6 Å².